The molecule has 1 aromatic carbocycles. The molecule has 2 atom stereocenters. The zero-order valence-electron chi connectivity index (χ0n) is 9.90. The lowest BCUT2D eigenvalue weighted by Crippen LogP contribution is -2.32. The number of aromatic hydroxyl groups is 1. The smallest absolute Gasteiger partial charge is 0.256 e. The molecule has 0 radical (unpaired) electrons. The first kappa shape index (κ1) is 11.5. The minimum Gasteiger partial charge on any atom is -0.508 e. The van der Waals surface area contributed by atoms with Crippen molar-refractivity contribution in [3.8, 4) is 5.75 Å². The number of benzene rings is 1. The van der Waals surface area contributed by atoms with E-state index in [1.807, 2.05) is 0 Å². The number of amides is 1. The van der Waals surface area contributed by atoms with Crippen molar-refractivity contribution in [1.82, 2.24) is 10.2 Å². The van der Waals surface area contributed by atoms with Crippen molar-refractivity contribution in [3.05, 3.63) is 29.6 Å². The van der Waals surface area contributed by atoms with E-state index in [2.05, 4.69) is 5.32 Å². The number of carbonyl (C=O) groups is 1. The molecular formula is C13H15FN2O2. The fourth-order valence-electron chi connectivity index (χ4n) is 2.87. The number of nitrogens with one attached hydrogen (secondary N) is 1. The molecule has 0 spiro atoms. The van der Waals surface area contributed by atoms with Gasteiger partial charge in [-0.1, -0.05) is 0 Å². The number of nitrogens with zero attached hydrogens (tertiary/aromatic N) is 1. The Morgan fingerprint density at radius 1 is 1.33 bits per heavy atom. The van der Waals surface area contributed by atoms with E-state index < -0.39 is 5.82 Å². The Morgan fingerprint density at radius 2 is 2.00 bits per heavy atom. The predicted molar refractivity (Wildman–Crippen MR) is 63.8 cm³/mol. The molecule has 2 N–H and O–H groups in total. The summed E-state index contributed by atoms with van der Waals surface area (Å²) in [6, 6.07) is 3.67. The number of hydrogen-bond acceptors (Lipinski definition) is 3. The first-order chi connectivity index (χ1) is 8.65. The molecule has 3 rings (SSSR count). The van der Waals surface area contributed by atoms with Crippen LogP contribution in [0.25, 0.3) is 0 Å². The Kier molecular flexibility index (Phi) is 2.70. The van der Waals surface area contributed by atoms with E-state index in [0.29, 0.717) is 24.9 Å². The molecule has 0 saturated carbocycles. The number of halogens is 1. The van der Waals surface area contributed by atoms with Gasteiger partial charge in [0.25, 0.3) is 5.91 Å². The first-order valence-electron chi connectivity index (χ1n) is 6.13. The summed E-state index contributed by atoms with van der Waals surface area (Å²) >= 11 is 0. The van der Waals surface area contributed by atoms with E-state index >= 15 is 0 Å². The third-order valence-corrected chi connectivity index (χ3v) is 3.86. The van der Waals surface area contributed by atoms with Crippen molar-refractivity contribution >= 4 is 5.91 Å². The summed E-state index contributed by atoms with van der Waals surface area (Å²) in [4.78, 5) is 13.9. The molecule has 96 valence electrons. The van der Waals surface area contributed by atoms with Gasteiger partial charge in [-0.25, -0.2) is 4.39 Å². The van der Waals surface area contributed by atoms with Crippen LogP contribution in [0.15, 0.2) is 18.2 Å². The SMILES string of the molecule is O=C(c1ccc(O)cc1F)N1CC2CNCC2C1. The molecule has 2 heterocycles. The minimum atomic E-state index is -0.657. The van der Waals surface area contributed by atoms with Crippen LogP contribution in [-0.2, 0) is 0 Å². The third kappa shape index (κ3) is 1.84. The van der Waals surface area contributed by atoms with E-state index in [0.717, 1.165) is 19.2 Å². The van der Waals surface area contributed by atoms with Crippen LogP contribution in [-0.4, -0.2) is 42.1 Å². The van der Waals surface area contributed by atoms with E-state index in [4.69, 9.17) is 5.11 Å². The quantitative estimate of drug-likeness (QED) is 0.776. The maximum Gasteiger partial charge on any atom is 0.256 e. The largest absolute Gasteiger partial charge is 0.508 e. The Labute approximate surface area is 104 Å². The number of hydrogen-bond donors (Lipinski definition) is 2. The maximum absolute atomic E-state index is 13.6. The minimum absolute atomic E-state index is 0.0423. The van der Waals surface area contributed by atoms with Gasteiger partial charge in [-0.05, 0) is 24.0 Å². The molecule has 18 heavy (non-hydrogen) atoms. The first-order valence-corrected chi connectivity index (χ1v) is 6.13. The van der Waals surface area contributed by atoms with Gasteiger partial charge in [-0.3, -0.25) is 4.79 Å². The summed E-state index contributed by atoms with van der Waals surface area (Å²) in [7, 11) is 0. The molecule has 1 aromatic rings. The van der Waals surface area contributed by atoms with Gasteiger partial charge in [0.15, 0.2) is 0 Å². The summed E-state index contributed by atoms with van der Waals surface area (Å²) in [5.41, 5.74) is 0.0423. The summed E-state index contributed by atoms with van der Waals surface area (Å²) in [6.07, 6.45) is 0. The number of fused-ring (bicyclic) bond motifs is 1. The Bertz CT molecular complexity index is 480. The van der Waals surface area contributed by atoms with E-state index in [1.54, 1.807) is 4.90 Å². The number of phenols is 1. The van der Waals surface area contributed by atoms with E-state index in [-0.39, 0.29) is 17.2 Å². The summed E-state index contributed by atoms with van der Waals surface area (Å²) in [6.45, 7) is 3.26. The fraction of sp³-hybridized carbons (Fsp3) is 0.462. The van der Waals surface area contributed by atoms with Crippen molar-refractivity contribution in [1.29, 1.82) is 0 Å². The van der Waals surface area contributed by atoms with Gasteiger partial charge in [0.2, 0.25) is 0 Å². The van der Waals surface area contributed by atoms with E-state index in [9.17, 15) is 9.18 Å². The second-order valence-electron chi connectivity index (χ2n) is 5.05. The standard InChI is InChI=1S/C13H15FN2O2/c14-12-3-10(17)1-2-11(12)13(18)16-6-8-4-15-5-9(8)7-16/h1-3,8-9,15,17H,4-7H2. The highest BCUT2D eigenvalue weighted by Gasteiger charge is 2.38. The molecule has 0 aliphatic carbocycles. The van der Waals surface area contributed by atoms with Crippen LogP contribution in [0.1, 0.15) is 10.4 Å². The molecule has 2 saturated heterocycles. The highest BCUT2D eigenvalue weighted by molar-refractivity contribution is 5.94. The van der Waals surface area contributed by atoms with Crippen LogP contribution in [0.5, 0.6) is 5.75 Å². The Hall–Kier alpha value is -1.62. The zero-order valence-corrected chi connectivity index (χ0v) is 9.90. The molecule has 1 amide bonds. The van der Waals surface area contributed by atoms with Gasteiger partial charge < -0.3 is 15.3 Å². The summed E-state index contributed by atoms with van der Waals surface area (Å²) in [5, 5.41) is 12.4. The Balaban J connectivity index is 1.79. The van der Waals surface area contributed by atoms with Gasteiger partial charge in [-0.2, -0.15) is 0 Å². The molecule has 2 unspecified atom stereocenters. The topological polar surface area (TPSA) is 52.6 Å². The second kappa shape index (κ2) is 4.24. The molecule has 0 aromatic heterocycles. The van der Waals surface area contributed by atoms with E-state index in [1.165, 1.54) is 12.1 Å². The van der Waals surface area contributed by atoms with Crippen LogP contribution in [0.2, 0.25) is 0 Å². The lowest BCUT2D eigenvalue weighted by molar-refractivity contribution is 0.0777. The fourth-order valence-corrected chi connectivity index (χ4v) is 2.87. The lowest BCUT2D eigenvalue weighted by Gasteiger charge is -2.17. The number of rotatable bonds is 1. The Morgan fingerprint density at radius 3 is 2.61 bits per heavy atom. The molecule has 2 aliphatic rings. The highest BCUT2D eigenvalue weighted by Crippen LogP contribution is 2.28. The molecule has 2 aliphatic heterocycles. The van der Waals surface area contributed by atoms with Crippen LogP contribution in [0.3, 0.4) is 0 Å². The van der Waals surface area contributed by atoms with Gasteiger partial charge >= 0.3 is 0 Å². The number of likely N-dealkylation sites (tertiary alicyclic amines) is 1. The van der Waals surface area contributed by atoms with Crippen molar-refractivity contribution in [2.75, 3.05) is 26.2 Å². The van der Waals surface area contributed by atoms with Gasteiger partial charge in [0, 0.05) is 32.2 Å². The molecular weight excluding hydrogens is 235 g/mol. The van der Waals surface area contributed by atoms with Crippen LogP contribution < -0.4 is 5.32 Å². The van der Waals surface area contributed by atoms with Crippen molar-refractivity contribution in [2.24, 2.45) is 11.8 Å². The predicted octanol–water partition coefficient (Wildman–Crippen LogP) is 0.823. The molecule has 5 heteroatoms. The summed E-state index contributed by atoms with van der Waals surface area (Å²) < 4.78 is 13.6. The van der Waals surface area contributed by atoms with Crippen LogP contribution >= 0.6 is 0 Å². The summed E-state index contributed by atoms with van der Waals surface area (Å²) in [5.74, 6) is -0.105. The van der Waals surface area contributed by atoms with Crippen LogP contribution in [0, 0.1) is 17.7 Å². The highest BCUT2D eigenvalue weighted by atomic mass is 19.1. The van der Waals surface area contributed by atoms with Crippen molar-refractivity contribution in [2.45, 2.75) is 0 Å². The van der Waals surface area contributed by atoms with Gasteiger partial charge in [-0.15, -0.1) is 0 Å². The lowest BCUT2D eigenvalue weighted by atomic mass is 10.0. The maximum atomic E-state index is 13.6. The average Bonchev–Trinajstić information content (AvgIpc) is 2.87. The van der Waals surface area contributed by atoms with Crippen LogP contribution in [0.4, 0.5) is 4.39 Å². The number of phenolic OH excluding ortho intramolecular Hbond substituents is 1. The second-order valence-corrected chi connectivity index (χ2v) is 5.05. The average molecular weight is 250 g/mol. The van der Waals surface area contributed by atoms with Gasteiger partial charge in [0.05, 0.1) is 5.56 Å². The molecule has 4 nitrogen and oxygen atoms in total. The monoisotopic (exact) mass is 250 g/mol. The third-order valence-electron chi connectivity index (χ3n) is 3.86. The normalized spacial score (nSPS) is 26.4. The van der Waals surface area contributed by atoms with Gasteiger partial charge in [0.1, 0.15) is 11.6 Å². The van der Waals surface area contributed by atoms with Crippen molar-refractivity contribution < 1.29 is 14.3 Å². The van der Waals surface area contributed by atoms with Crippen molar-refractivity contribution in [3.63, 3.8) is 0 Å². The molecule has 2 fully saturated rings. The number of carbonyl (C=O) groups excluding carboxylic acids is 1. The molecule has 0 bridgehead atoms. The zero-order chi connectivity index (χ0) is 12.7.